The van der Waals surface area contributed by atoms with E-state index in [1.807, 2.05) is 0 Å². The van der Waals surface area contributed by atoms with E-state index in [1.165, 1.54) is 24.3 Å². The molecule has 0 bridgehead atoms. The lowest BCUT2D eigenvalue weighted by Gasteiger charge is -2.23. The average Bonchev–Trinajstić information content (AvgIpc) is 2.64. The van der Waals surface area contributed by atoms with Crippen LogP contribution < -0.4 is 10.6 Å². The van der Waals surface area contributed by atoms with Gasteiger partial charge in [0.1, 0.15) is 11.2 Å². The van der Waals surface area contributed by atoms with Gasteiger partial charge in [0.05, 0.1) is 11.0 Å². The SMILES string of the molecule is CC(C)(C)OC(=O)NCCCC[C@H](NC(=O)OC(C)(C)C)C(=O)Cc1ccc([N+](=O)[O-])cc1. The van der Waals surface area contributed by atoms with Crippen molar-refractivity contribution in [3.05, 3.63) is 39.9 Å². The summed E-state index contributed by atoms with van der Waals surface area (Å²) in [5.74, 6) is -0.241. The van der Waals surface area contributed by atoms with Crippen LogP contribution in [0.3, 0.4) is 0 Å². The summed E-state index contributed by atoms with van der Waals surface area (Å²) in [6.07, 6.45) is 0.283. The number of nitro benzene ring substituents is 1. The molecule has 0 unspecified atom stereocenters. The number of carbonyl (C=O) groups is 3. The summed E-state index contributed by atoms with van der Waals surface area (Å²) >= 11 is 0. The zero-order chi connectivity index (χ0) is 25.2. The topological polar surface area (TPSA) is 137 Å². The number of amides is 2. The molecule has 0 aliphatic rings. The van der Waals surface area contributed by atoms with Gasteiger partial charge in [0.2, 0.25) is 0 Å². The fraction of sp³-hybridized carbons (Fsp3) is 0.609. The maximum Gasteiger partial charge on any atom is 0.408 e. The summed E-state index contributed by atoms with van der Waals surface area (Å²) in [7, 11) is 0. The van der Waals surface area contributed by atoms with E-state index in [0.717, 1.165) is 0 Å². The van der Waals surface area contributed by atoms with E-state index in [0.29, 0.717) is 31.4 Å². The number of alkyl carbamates (subject to hydrolysis) is 2. The van der Waals surface area contributed by atoms with Gasteiger partial charge >= 0.3 is 12.2 Å². The van der Waals surface area contributed by atoms with Crippen molar-refractivity contribution in [2.45, 2.75) is 84.5 Å². The van der Waals surface area contributed by atoms with Crippen molar-refractivity contribution in [1.29, 1.82) is 0 Å². The first kappa shape index (κ1) is 27.9. The van der Waals surface area contributed by atoms with Crippen LogP contribution in [-0.4, -0.2) is 46.7 Å². The summed E-state index contributed by atoms with van der Waals surface area (Å²) in [5, 5.41) is 16.1. The Morgan fingerprint density at radius 1 is 0.939 bits per heavy atom. The zero-order valence-electron chi connectivity index (χ0n) is 20.2. The number of nitro groups is 1. The molecule has 33 heavy (non-hydrogen) atoms. The summed E-state index contributed by atoms with van der Waals surface area (Å²) < 4.78 is 10.4. The number of Topliss-reactive ketones (excluding diaryl/α,β-unsaturated/α-hetero) is 1. The predicted octanol–water partition coefficient (Wildman–Crippen LogP) is 4.29. The van der Waals surface area contributed by atoms with Gasteiger partial charge in [0, 0.05) is 25.1 Å². The molecule has 1 aromatic carbocycles. The molecule has 1 atom stereocenters. The molecule has 0 aliphatic heterocycles. The quantitative estimate of drug-likeness (QED) is 0.299. The lowest BCUT2D eigenvalue weighted by Crippen LogP contribution is -2.44. The fourth-order valence-electron chi connectivity index (χ4n) is 2.80. The number of nitrogens with zero attached hydrogens (tertiary/aromatic N) is 1. The zero-order valence-corrected chi connectivity index (χ0v) is 20.2. The van der Waals surface area contributed by atoms with Crippen LogP contribution in [0, 0.1) is 10.1 Å². The van der Waals surface area contributed by atoms with E-state index < -0.39 is 34.4 Å². The van der Waals surface area contributed by atoms with Crippen LogP contribution in [-0.2, 0) is 20.7 Å². The van der Waals surface area contributed by atoms with Gasteiger partial charge in [0.15, 0.2) is 5.78 Å². The molecule has 0 spiro atoms. The predicted molar refractivity (Wildman–Crippen MR) is 123 cm³/mol. The lowest BCUT2D eigenvalue weighted by atomic mass is 9.99. The smallest absolute Gasteiger partial charge is 0.408 e. The van der Waals surface area contributed by atoms with Crippen molar-refractivity contribution >= 4 is 23.7 Å². The molecule has 1 aromatic rings. The molecule has 0 aromatic heterocycles. The molecule has 0 saturated heterocycles. The minimum Gasteiger partial charge on any atom is -0.444 e. The highest BCUT2D eigenvalue weighted by atomic mass is 16.6. The minimum atomic E-state index is -0.795. The van der Waals surface area contributed by atoms with E-state index in [1.54, 1.807) is 41.5 Å². The molecule has 0 aliphatic carbocycles. The molecule has 1 rings (SSSR count). The number of benzene rings is 1. The van der Waals surface area contributed by atoms with Gasteiger partial charge in [0.25, 0.3) is 5.69 Å². The Morgan fingerprint density at radius 2 is 1.48 bits per heavy atom. The first-order valence-electron chi connectivity index (χ1n) is 10.9. The van der Waals surface area contributed by atoms with Crippen molar-refractivity contribution in [2.24, 2.45) is 0 Å². The van der Waals surface area contributed by atoms with Crippen molar-refractivity contribution in [3.8, 4) is 0 Å². The van der Waals surface area contributed by atoms with E-state index in [4.69, 9.17) is 9.47 Å². The van der Waals surface area contributed by atoms with Gasteiger partial charge in [-0.1, -0.05) is 12.1 Å². The number of rotatable bonds is 10. The third-order valence-electron chi connectivity index (χ3n) is 4.19. The maximum atomic E-state index is 12.9. The third-order valence-corrected chi connectivity index (χ3v) is 4.19. The van der Waals surface area contributed by atoms with E-state index >= 15 is 0 Å². The van der Waals surface area contributed by atoms with Crippen LogP contribution in [0.4, 0.5) is 15.3 Å². The number of carbonyl (C=O) groups excluding carboxylic acids is 3. The van der Waals surface area contributed by atoms with Crippen LogP contribution in [0.15, 0.2) is 24.3 Å². The molecule has 10 nitrogen and oxygen atoms in total. The third kappa shape index (κ3) is 12.4. The maximum absolute atomic E-state index is 12.9. The van der Waals surface area contributed by atoms with Crippen molar-refractivity contribution < 1.29 is 28.8 Å². The van der Waals surface area contributed by atoms with Gasteiger partial charge in [-0.3, -0.25) is 14.9 Å². The molecule has 2 N–H and O–H groups in total. The Hall–Kier alpha value is -3.17. The Balaban J connectivity index is 2.68. The molecular formula is C23H35N3O7. The van der Waals surface area contributed by atoms with Crippen molar-refractivity contribution in [3.63, 3.8) is 0 Å². The molecule has 2 amide bonds. The van der Waals surface area contributed by atoms with Crippen LogP contribution in [0.25, 0.3) is 0 Å². The van der Waals surface area contributed by atoms with Crippen LogP contribution >= 0.6 is 0 Å². The molecule has 184 valence electrons. The van der Waals surface area contributed by atoms with E-state index in [9.17, 15) is 24.5 Å². The Kier molecular flexibility index (Phi) is 10.3. The number of nitrogens with one attached hydrogen (secondary N) is 2. The Labute approximate surface area is 194 Å². The van der Waals surface area contributed by atoms with Crippen LogP contribution in [0.2, 0.25) is 0 Å². The Bertz CT molecular complexity index is 824. The number of hydrogen-bond acceptors (Lipinski definition) is 7. The normalized spacial score (nSPS) is 12.4. The van der Waals surface area contributed by atoms with Gasteiger partial charge in [-0.15, -0.1) is 0 Å². The summed E-state index contributed by atoms with van der Waals surface area (Å²) in [5.41, 5.74) is -0.759. The highest BCUT2D eigenvalue weighted by Crippen LogP contribution is 2.15. The average molecular weight is 466 g/mol. The number of non-ortho nitro benzene ring substituents is 1. The van der Waals surface area contributed by atoms with Gasteiger partial charge in [-0.05, 0) is 66.4 Å². The first-order chi connectivity index (χ1) is 15.2. The molecule has 0 radical (unpaired) electrons. The largest absolute Gasteiger partial charge is 0.444 e. The van der Waals surface area contributed by atoms with Gasteiger partial charge < -0.3 is 20.1 Å². The molecule has 0 heterocycles. The van der Waals surface area contributed by atoms with Crippen molar-refractivity contribution in [1.82, 2.24) is 10.6 Å². The summed E-state index contributed by atoms with van der Waals surface area (Å²) in [6.45, 7) is 10.9. The van der Waals surface area contributed by atoms with Gasteiger partial charge in [-0.2, -0.15) is 0 Å². The highest BCUT2D eigenvalue weighted by molar-refractivity contribution is 5.89. The number of ether oxygens (including phenoxy) is 2. The van der Waals surface area contributed by atoms with Crippen molar-refractivity contribution in [2.75, 3.05) is 6.54 Å². The standard InChI is InChI=1S/C23H35N3O7/c1-22(2,3)32-20(28)24-14-8-7-9-18(25-21(29)33-23(4,5)6)19(27)15-16-10-12-17(13-11-16)26(30)31/h10-13,18H,7-9,14-15H2,1-6H3,(H,24,28)(H,25,29)/t18-/m0/s1. The first-order valence-corrected chi connectivity index (χ1v) is 10.9. The molecule has 10 heteroatoms. The number of hydrogen-bond donors (Lipinski definition) is 2. The van der Waals surface area contributed by atoms with Crippen LogP contribution in [0.1, 0.15) is 66.4 Å². The summed E-state index contributed by atoms with van der Waals surface area (Å²) in [4.78, 5) is 47.1. The molecular weight excluding hydrogens is 430 g/mol. The van der Waals surface area contributed by atoms with E-state index in [2.05, 4.69) is 10.6 Å². The number of unbranched alkanes of at least 4 members (excludes halogenated alkanes) is 1. The monoisotopic (exact) mass is 465 g/mol. The lowest BCUT2D eigenvalue weighted by molar-refractivity contribution is -0.384. The highest BCUT2D eigenvalue weighted by Gasteiger charge is 2.24. The summed E-state index contributed by atoms with van der Waals surface area (Å²) in [6, 6.07) is 4.91. The van der Waals surface area contributed by atoms with E-state index in [-0.39, 0.29) is 17.9 Å². The molecule has 0 fully saturated rings. The number of ketones is 1. The van der Waals surface area contributed by atoms with Crippen LogP contribution in [0.5, 0.6) is 0 Å². The second-order valence-corrected chi connectivity index (χ2v) is 9.69. The van der Waals surface area contributed by atoms with Gasteiger partial charge in [-0.25, -0.2) is 9.59 Å². The minimum absolute atomic E-state index is 0.00855. The fourth-order valence-corrected chi connectivity index (χ4v) is 2.80. The second kappa shape index (κ2) is 12.2. The second-order valence-electron chi connectivity index (χ2n) is 9.69. The molecule has 0 saturated carbocycles. The Morgan fingerprint density at radius 3 is 2.00 bits per heavy atom.